The van der Waals surface area contributed by atoms with Crippen molar-refractivity contribution in [2.75, 3.05) is 19.7 Å². The van der Waals surface area contributed by atoms with Crippen LogP contribution in [0.25, 0.3) is 0 Å². The van der Waals surface area contributed by atoms with E-state index in [0.717, 1.165) is 19.5 Å². The van der Waals surface area contributed by atoms with Crippen LogP contribution in [0, 0.1) is 11.8 Å². The van der Waals surface area contributed by atoms with Crippen molar-refractivity contribution in [1.82, 2.24) is 5.32 Å². The van der Waals surface area contributed by atoms with Crippen LogP contribution in [-0.4, -0.2) is 30.8 Å². The summed E-state index contributed by atoms with van der Waals surface area (Å²) < 4.78 is 0. The molecule has 0 saturated heterocycles. The van der Waals surface area contributed by atoms with Gasteiger partial charge in [0.2, 0.25) is 0 Å². The fourth-order valence-corrected chi connectivity index (χ4v) is 1.24. The molecule has 0 aromatic heterocycles. The van der Waals surface area contributed by atoms with Crippen LogP contribution >= 0.6 is 0 Å². The third-order valence-electron chi connectivity index (χ3n) is 2.54. The van der Waals surface area contributed by atoms with Crippen molar-refractivity contribution in [3.63, 3.8) is 0 Å². The van der Waals surface area contributed by atoms with Gasteiger partial charge in [-0.25, -0.2) is 0 Å². The van der Waals surface area contributed by atoms with Crippen LogP contribution in [0.4, 0.5) is 0 Å². The molecule has 80 valence electrons. The van der Waals surface area contributed by atoms with Gasteiger partial charge in [-0.3, -0.25) is 0 Å². The monoisotopic (exact) mass is 188 g/mol. The van der Waals surface area contributed by atoms with E-state index in [4.69, 9.17) is 10.8 Å². The Kier molecular flexibility index (Phi) is 7.23. The lowest BCUT2D eigenvalue weighted by molar-refractivity contribution is 0.261. The van der Waals surface area contributed by atoms with Gasteiger partial charge in [0.25, 0.3) is 0 Å². The van der Waals surface area contributed by atoms with Crippen LogP contribution in [0.5, 0.6) is 0 Å². The second-order valence-electron chi connectivity index (χ2n) is 4.06. The average molecular weight is 188 g/mol. The van der Waals surface area contributed by atoms with E-state index in [1.165, 1.54) is 0 Å². The van der Waals surface area contributed by atoms with E-state index in [9.17, 15) is 0 Å². The Balaban J connectivity index is 3.59. The molecule has 0 aliphatic rings. The van der Waals surface area contributed by atoms with Gasteiger partial charge in [-0.15, -0.1) is 0 Å². The third-order valence-corrected chi connectivity index (χ3v) is 2.54. The second-order valence-corrected chi connectivity index (χ2v) is 4.06. The largest absolute Gasteiger partial charge is 0.396 e. The molecule has 0 fully saturated rings. The molecule has 0 bridgehead atoms. The summed E-state index contributed by atoms with van der Waals surface area (Å²) in [6.45, 7) is 8.41. The van der Waals surface area contributed by atoms with Gasteiger partial charge in [0.15, 0.2) is 0 Å². The van der Waals surface area contributed by atoms with E-state index in [-0.39, 0.29) is 6.61 Å². The maximum atomic E-state index is 8.70. The lowest BCUT2D eigenvalue weighted by Gasteiger charge is -2.22. The molecule has 3 heteroatoms. The Morgan fingerprint density at radius 3 is 2.31 bits per heavy atom. The Hall–Kier alpha value is -0.120. The lowest BCUT2D eigenvalue weighted by atomic mass is 9.96. The number of rotatable bonds is 7. The molecule has 0 aliphatic heterocycles. The van der Waals surface area contributed by atoms with E-state index in [0.29, 0.717) is 17.9 Å². The van der Waals surface area contributed by atoms with Gasteiger partial charge in [-0.1, -0.05) is 13.8 Å². The zero-order chi connectivity index (χ0) is 10.3. The summed E-state index contributed by atoms with van der Waals surface area (Å²) in [6.07, 6.45) is 0.815. The average Bonchev–Trinajstić information content (AvgIpc) is 2.05. The van der Waals surface area contributed by atoms with E-state index in [1.54, 1.807) is 0 Å². The van der Waals surface area contributed by atoms with Gasteiger partial charge in [0.1, 0.15) is 0 Å². The molecule has 4 N–H and O–H groups in total. The maximum Gasteiger partial charge on any atom is 0.0445 e. The lowest BCUT2D eigenvalue weighted by Crippen LogP contribution is -2.36. The van der Waals surface area contributed by atoms with Crippen molar-refractivity contribution in [3.05, 3.63) is 0 Å². The molecule has 0 aliphatic carbocycles. The minimum absolute atomic E-state index is 0.253. The summed E-state index contributed by atoms with van der Waals surface area (Å²) in [4.78, 5) is 0. The fraction of sp³-hybridized carbons (Fsp3) is 1.00. The van der Waals surface area contributed by atoms with E-state index in [1.807, 2.05) is 0 Å². The predicted octanol–water partition coefficient (Wildman–Crippen LogP) is 0.578. The first-order chi connectivity index (χ1) is 6.11. The summed E-state index contributed by atoms with van der Waals surface area (Å²) in [5, 5.41) is 12.1. The summed E-state index contributed by atoms with van der Waals surface area (Å²) in [5.74, 6) is 1.17. The normalized spacial score (nSPS) is 16.2. The zero-order valence-corrected chi connectivity index (χ0v) is 9.09. The molecule has 2 atom stereocenters. The first-order valence-electron chi connectivity index (χ1n) is 5.16. The van der Waals surface area contributed by atoms with Crippen molar-refractivity contribution in [1.29, 1.82) is 0 Å². The first kappa shape index (κ1) is 12.9. The van der Waals surface area contributed by atoms with E-state index >= 15 is 0 Å². The SMILES string of the molecule is CC(CCO)NCC(CN)C(C)C. The van der Waals surface area contributed by atoms with Crippen LogP contribution in [0.2, 0.25) is 0 Å². The number of hydrogen-bond acceptors (Lipinski definition) is 3. The maximum absolute atomic E-state index is 8.70. The second kappa shape index (κ2) is 7.30. The van der Waals surface area contributed by atoms with Crippen molar-refractivity contribution < 1.29 is 5.11 Å². The topological polar surface area (TPSA) is 58.3 Å². The van der Waals surface area contributed by atoms with Crippen molar-refractivity contribution in [3.8, 4) is 0 Å². The Morgan fingerprint density at radius 1 is 1.31 bits per heavy atom. The zero-order valence-electron chi connectivity index (χ0n) is 9.09. The molecule has 13 heavy (non-hydrogen) atoms. The highest BCUT2D eigenvalue weighted by Crippen LogP contribution is 2.07. The summed E-state index contributed by atoms with van der Waals surface area (Å²) in [7, 11) is 0. The van der Waals surface area contributed by atoms with E-state index in [2.05, 4.69) is 26.1 Å². The van der Waals surface area contributed by atoms with E-state index < -0.39 is 0 Å². The Morgan fingerprint density at radius 2 is 1.92 bits per heavy atom. The highest BCUT2D eigenvalue weighted by atomic mass is 16.3. The highest BCUT2D eigenvalue weighted by molar-refractivity contribution is 4.69. The molecule has 2 unspecified atom stereocenters. The van der Waals surface area contributed by atoms with Gasteiger partial charge in [-0.2, -0.15) is 0 Å². The minimum Gasteiger partial charge on any atom is -0.396 e. The summed E-state index contributed by atoms with van der Waals surface area (Å²) >= 11 is 0. The number of aliphatic hydroxyl groups is 1. The molecular weight excluding hydrogens is 164 g/mol. The smallest absolute Gasteiger partial charge is 0.0445 e. The molecule has 0 radical (unpaired) electrons. The Bertz CT molecular complexity index is 117. The predicted molar refractivity (Wildman–Crippen MR) is 56.5 cm³/mol. The van der Waals surface area contributed by atoms with Gasteiger partial charge < -0.3 is 16.2 Å². The van der Waals surface area contributed by atoms with Crippen molar-refractivity contribution in [2.45, 2.75) is 33.2 Å². The minimum atomic E-state index is 0.253. The number of nitrogens with one attached hydrogen (secondary N) is 1. The standard InChI is InChI=1S/C10H24N2O/c1-8(2)10(6-11)7-12-9(3)4-5-13/h8-10,12-13H,4-7,11H2,1-3H3. The fourth-order valence-electron chi connectivity index (χ4n) is 1.24. The Labute approximate surface area is 81.7 Å². The molecule has 0 aromatic rings. The third kappa shape index (κ3) is 6.02. The van der Waals surface area contributed by atoms with Crippen molar-refractivity contribution >= 4 is 0 Å². The van der Waals surface area contributed by atoms with Gasteiger partial charge in [0, 0.05) is 12.6 Å². The molecule has 0 heterocycles. The molecule has 0 aromatic carbocycles. The summed E-state index contributed by atoms with van der Waals surface area (Å²) in [6, 6.07) is 0.387. The van der Waals surface area contributed by atoms with Crippen LogP contribution in [-0.2, 0) is 0 Å². The highest BCUT2D eigenvalue weighted by Gasteiger charge is 2.11. The van der Waals surface area contributed by atoms with Gasteiger partial charge in [-0.05, 0) is 38.3 Å². The van der Waals surface area contributed by atoms with Gasteiger partial charge >= 0.3 is 0 Å². The van der Waals surface area contributed by atoms with Crippen LogP contribution < -0.4 is 11.1 Å². The quantitative estimate of drug-likeness (QED) is 0.548. The molecular formula is C10H24N2O. The number of aliphatic hydroxyl groups excluding tert-OH is 1. The van der Waals surface area contributed by atoms with Gasteiger partial charge in [0.05, 0.1) is 0 Å². The number of hydrogen-bond donors (Lipinski definition) is 3. The van der Waals surface area contributed by atoms with Crippen LogP contribution in [0.1, 0.15) is 27.2 Å². The van der Waals surface area contributed by atoms with Crippen molar-refractivity contribution in [2.24, 2.45) is 17.6 Å². The van der Waals surface area contributed by atoms with Crippen LogP contribution in [0.3, 0.4) is 0 Å². The number of nitrogens with two attached hydrogens (primary N) is 1. The molecule has 0 spiro atoms. The first-order valence-corrected chi connectivity index (χ1v) is 5.16. The molecule has 3 nitrogen and oxygen atoms in total. The molecule has 0 amide bonds. The molecule has 0 saturated carbocycles. The summed E-state index contributed by atoms with van der Waals surface area (Å²) in [5.41, 5.74) is 5.64. The van der Waals surface area contributed by atoms with Crippen LogP contribution in [0.15, 0.2) is 0 Å². The molecule has 0 rings (SSSR count).